The lowest BCUT2D eigenvalue weighted by atomic mass is 9.85. The Bertz CT molecular complexity index is 1000. The maximum atomic E-state index is 13.9. The summed E-state index contributed by atoms with van der Waals surface area (Å²) in [5.41, 5.74) is 8.31. The Morgan fingerprint density at radius 2 is 1.94 bits per heavy atom. The lowest BCUT2D eigenvalue weighted by molar-refractivity contribution is -0.133. The maximum absolute atomic E-state index is 13.9. The molecular weight excluding hydrogens is 432 g/mol. The van der Waals surface area contributed by atoms with Gasteiger partial charge in [0.2, 0.25) is 5.91 Å². The number of hydrogen-bond acceptors (Lipinski definition) is 6. The molecule has 1 aromatic carbocycles. The molecule has 9 heteroatoms. The molecule has 2 aliphatic heterocycles. The van der Waals surface area contributed by atoms with Crippen LogP contribution in [0.3, 0.4) is 0 Å². The molecule has 0 saturated carbocycles. The number of thioether (sulfide) groups is 1. The Labute approximate surface area is 191 Å². The molecule has 0 aliphatic carbocycles. The van der Waals surface area contributed by atoms with E-state index in [2.05, 4.69) is 21.8 Å². The molecular formula is C23H29F2N5OS. The summed E-state index contributed by atoms with van der Waals surface area (Å²) < 4.78 is 27.4. The van der Waals surface area contributed by atoms with Gasteiger partial charge in [-0.1, -0.05) is 6.07 Å². The van der Waals surface area contributed by atoms with E-state index in [-0.39, 0.29) is 5.91 Å². The number of benzene rings is 1. The van der Waals surface area contributed by atoms with Gasteiger partial charge >= 0.3 is 0 Å². The van der Waals surface area contributed by atoms with Crippen LogP contribution in [0.15, 0.2) is 24.5 Å². The molecule has 0 bridgehead atoms. The van der Waals surface area contributed by atoms with Gasteiger partial charge in [-0.25, -0.2) is 18.7 Å². The van der Waals surface area contributed by atoms with Crippen LogP contribution in [-0.4, -0.2) is 52.5 Å². The Hall–Kier alpha value is -2.26. The highest BCUT2D eigenvalue weighted by Crippen LogP contribution is 2.44. The summed E-state index contributed by atoms with van der Waals surface area (Å²) in [6.07, 6.45) is 1.96. The SMILES string of the molecule is C[C@H]1SCc2ncnc(N3CCN(C(=O)C(CC(C)(C)N)c4ccc(F)c(F)c4)CC3)c21. The van der Waals surface area contributed by atoms with Crippen molar-refractivity contribution in [1.29, 1.82) is 0 Å². The fourth-order valence-electron chi connectivity index (χ4n) is 4.45. The molecule has 3 heterocycles. The van der Waals surface area contributed by atoms with Crippen molar-refractivity contribution in [2.75, 3.05) is 31.1 Å². The number of nitrogens with two attached hydrogens (primary N) is 1. The minimum absolute atomic E-state index is 0.106. The van der Waals surface area contributed by atoms with Crippen LogP contribution in [0, 0.1) is 11.6 Å². The van der Waals surface area contributed by atoms with Gasteiger partial charge in [-0.3, -0.25) is 4.79 Å². The smallest absolute Gasteiger partial charge is 0.230 e. The zero-order chi connectivity index (χ0) is 23.0. The van der Waals surface area contributed by atoms with Crippen molar-refractivity contribution in [2.24, 2.45) is 5.73 Å². The van der Waals surface area contributed by atoms with Crippen LogP contribution in [-0.2, 0) is 10.5 Å². The average Bonchev–Trinajstić information content (AvgIpc) is 3.14. The van der Waals surface area contributed by atoms with E-state index in [0.29, 0.717) is 43.4 Å². The lowest BCUT2D eigenvalue weighted by Crippen LogP contribution is -2.51. The van der Waals surface area contributed by atoms with E-state index in [0.717, 1.165) is 29.4 Å². The second-order valence-electron chi connectivity index (χ2n) is 9.24. The number of nitrogens with zero attached hydrogens (tertiary/aromatic N) is 4. The molecule has 2 aromatic rings. The number of aromatic nitrogens is 2. The second-order valence-corrected chi connectivity index (χ2v) is 10.6. The summed E-state index contributed by atoms with van der Waals surface area (Å²) in [5.74, 6) is -0.757. The number of rotatable bonds is 5. The van der Waals surface area contributed by atoms with Crippen molar-refractivity contribution in [2.45, 2.75) is 49.7 Å². The minimum atomic E-state index is -0.954. The maximum Gasteiger partial charge on any atom is 0.230 e. The molecule has 1 fully saturated rings. The molecule has 4 rings (SSSR count). The summed E-state index contributed by atoms with van der Waals surface area (Å²) >= 11 is 1.86. The number of carbonyl (C=O) groups excluding carboxylic acids is 1. The Morgan fingerprint density at radius 1 is 1.22 bits per heavy atom. The largest absolute Gasteiger partial charge is 0.353 e. The highest BCUT2D eigenvalue weighted by molar-refractivity contribution is 7.99. The topological polar surface area (TPSA) is 75.4 Å². The molecule has 2 N–H and O–H groups in total. The van der Waals surface area contributed by atoms with Crippen molar-refractivity contribution in [3.8, 4) is 0 Å². The average molecular weight is 462 g/mol. The molecule has 0 radical (unpaired) electrons. The van der Waals surface area contributed by atoms with Crippen molar-refractivity contribution < 1.29 is 13.6 Å². The normalized spacial score (nSPS) is 19.8. The molecule has 1 saturated heterocycles. The first-order valence-electron chi connectivity index (χ1n) is 10.9. The van der Waals surface area contributed by atoms with E-state index in [1.807, 2.05) is 25.6 Å². The molecule has 1 aromatic heterocycles. The molecule has 1 amide bonds. The predicted molar refractivity (Wildman–Crippen MR) is 123 cm³/mol. The van der Waals surface area contributed by atoms with Gasteiger partial charge in [-0.15, -0.1) is 11.8 Å². The van der Waals surface area contributed by atoms with Gasteiger partial charge in [0.1, 0.15) is 12.1 Å². The quantitative estimate of drug-likeness (QED) is 0.733. The van der Waals surface area contributed by atoms with Crippen LogP contribution < -0.4 is 10.6 Å². The monoisotopic (exact) mass is 461 g/mol. The molecule has 32 heavy (non-hydrogen) atoms. The first-order chi connectivity index (χ1) is 15.1. The zero-order valence-electron chi connectivity index (χ0n) is 18.6. The van der Waals surface area contributed by atoms with E-state index in [4.69, 9.17) is 5.73 Å². The van der Waals surface area contributed by atoms with E-state index in [9.17, 15) is 13.6 Å². The van der Waals surface area contributed by atoms with Crippen molar-refractivity contribution in [3.05, 3.63) is 53.0 Å². The molecule has 172 valence electrons. The Morgan fingerprint density at radius 3 is 2.59 bits per heavy atom. The van der Waals surface area contributed by atoms with Gasteiger partial charge in [0, 0.05) is 48.3 Å². The van der Waals surface area contributed by atoms with Gasteiger partial charge in [-0.05, 0) is 44.9 Å². The first-order valence-corrected chi connectivity index (χ1v) is 11.9. The summed E-state index contributed by atoms with van der Waals surface area (Å²) in [6.45, 7) is 8.21. The number of piperazine rings is 1. The van der Waals surface area contributed by atoms with Gasteiger partial charge in [0.25, 0.3) is 0 Å². The van der Waals surface area contributed by atoms with E-state index in [1.54, 1.807) is 11.2 Å². The number of amides is 1. The van der Waals surface area contributed by atoms with Crippen molar-refractivity contribution >= 4 is 23.5 Å². The summed E-state index contributed by atoms with van der Waals surface area (Å²) in [5, 5.41) is 0.352. The van der Waals surface area contributed by atoms with Crippen LogP contribution in [0.25, 0.3) is 0 Å². The standard InChI is InChI=1S/C23H29F2N5OS/c1-14-20-19(12-32-14)27-13-28-21(20)29-6-8-30(9-7-29)22(31)16(11-23(2,3)26)15-4-5-17(24)18(25)10-15/h4-5,10,13-14,16H,6-9,11-12,26H2,1-3H3/t14-,16?/m1/s1. The number of halogens is 2. The number of fused-ring (bicyclic) bond motifs is 1. The van der Waals surface area contributed by atoms with Gasteiger partial charge in [0.05, 0.1) is 11.6 Å². The van der Waals surface area contributed by atoms with Crippen LogP contribution in [0.2, 0.25) is 0 Å². The Kier molecular flexibility index (Phi) is 6.40. The molecule has 2 atom stereocenters. The minimum Gasteiger partial charge on any atom is -0.353 e. The van der Waals surface area contributed by atoms with Crippen LogP contribution in [0.1, 0.15) is 55.2 Å². The number of hydrogen-bond donors (Lipinski definition) is 1. The van der Waals surface area contributed by atoms with E-state index >= 15 is 0 Å². The Balaban J connectivity index is 1.51. The van der Waals surface area contributed by atoms with Crippen LogP contribution >= 0.6 is 11.8 Å². The number of anilines is 1. The predicted octanol–water partition coefficient (Wildman–Crippen LogP) is 3.62. The van der Waals surface area contributed by atoms with Crippen LogP contribution in [0.5, 0.6) is 0 Å². The van der Waals surface area contributed by atoms with Gasteiger partial charge < -0.3 is 15.5 Å². The lowest BCUT2D eigenvalue weighted by Gasteiger charge is -2.38. The first kappa shape index (κ1) is 22.9. The fraction of sp³-hybridized carbons (Fsp3) is 0.522. The number of carbonyl (C=O) groups is 1. The van der Waals surface area contributed by atoms with Crippen LogP contribution in [0.4, 0.5) is 14.6 Å². The zero-order valence-corrected chi connectivity index (χ0v) is 19.5. The van der Waals surface area contributed by atoms with E-state index < -0.39 is 23.1 Å². The third-order valence-corrected chi connectivity index (χ3v) is 7.26. The molecule has 0 spiro atoms. The molecule has 6 nitrogen and oxygen atoms in total. The third-order valence-electron chi connectivity index (χ3n) is 6.09. The van der Waals surface area contributed by atoms with Crippen molar-refractivity contribution in [3.63, 3.8) is 0 Å². The second kappa shape index (κ2) is 8.94. The summed E-state index contributed by atoms with van der Waals surface area (Å²) in [6, 6.07) is 3.66. The highest BCUT2D eigenvalue weighted by atomic mass is 32.2. The fourth-order valence-corrected chi connectivity index (χ4v) is 5.50. The molecule has 2 aliphatic rings. The van der Waals surface area contributed by atoms with Gasteiger partial charge in [0.15, 0.2) is 11.6 Å². The summed E-state index contributed by atoms with van der Waals surface area (Å²) in [4.78, 5) is 26.4. The molecule has 1 unspecified atom stereocenters. The van der Waals surface area contributed by atoms with E-state index in [1.165, 1.54) is 11.6 Å². The van der Waals surface area contributed by atoms with Gasteiger partial charge in [-0.2, -0.15) is 0 Å². The van der Waals surface area contributed by atoms with Crippen molar-refractivity contribution in [1.82, 2.24) is 14.9 Å². The highest BCUT2D eigenvalue weighted by Gasteiger charge is 2.34. The summed E-state index contributed by atoms with van der Waals surface area (Å²) in [7, 11) is 0. The third kappa shape index (κ3) is 4.73.